The van der Waals surface area contributed by atoms with Gasteiger partial charge in [0.25, 0.3) is 5.19 Å². The Balaban J connectivity index is 2.21. The van der Waals surface area contributed by atoms with Crippen LogP contribution < -0.4 is 0 Å². The van der Waals surface area contributed by atoms with Gasteiger partial charge in [0.1, 0.15) is 0 Å². The van der Waals surface area contributed by atoms with Crippen LogP contribution in [-0.2, 0) is 0 Å². The highest BCUT2D eigenvalue weighted by Gasteiger charge is 2.07. The second kappa shape index (κ2) is 4.23. The van der Waals surface area contributed by atoms with E-state index in [-0.39, 0.29) is 5.19 Å². The normalized spacial score (nSPS) is 10.7. The number of hydrogen-bond donors (Lipinski definition) is 1. The van der Waals surface area contributed by atoms with Gasteiger partial charge in [-0.2, -0.15) is 0 Å². The Morgan fingerprint density at radius 1 is 1.17 bits per heavy atom. The van der Waals surface area contributed by atoms with Gasteiger partial charge in [-0.15, -0.1) is 0 Å². The molecule has 0 aliphatic carbocycles. The van der Waals surface area contributed by atoms with Crippen molar-refractivity contribution in [2.75, 3.05) is 0 Å². The summed E-state index contributed by atoms with van der Waals surface area (Å²) < 4.78 is 0.930. The van der Waals surface area contributed by atoms with Crippen molar-refractivity contribution in [2.45, 2.75) is 0 Å². The lowest BCUT2D eigenvalue weighted by atomic mass is 10.0. The maximum atomic E-state index is 11.0. The van der Waals surface area contributed by atoms with Crippen molar-refractivity contribution in [3.63, 3.8) is 0 Å². The Kier molecular flexibility index (Phi) is 2.57. The van der Waals surface area contributed by atoms with Crippen LogP contribution >= 0.6 is 11.3 Å². The van der Waals surface area contributed by atoms with Crippen molar-refractivity contribution in [1.82, 2.24) is 4.98 Å². The van der Waals surface area contributed by atoms with E-state index in [9.17, 15) is 9.90 Å². The van der Waals surface area contributed by atoms with Crippen LogP contribution in [0.1, 0.15) is 10.4 Å². The van der Waals surface area contributed by atoms with Gasteiger partial charge in [-0.05, 0) is 23.3 Å². The number of carbonyl (C=O) groups is 1. The highest BCUT2D eigenvalue weighted by atomic mass is 32.1. The number of thiazole rings is 1. The lowest BCUT2D eigenvalue weighted by Gasteiger charge is -2.04. The van der Waals surface area contributed by atoms with Crippen LogP contribution in [0.2, 0.25) is 0 Å². The zero-order chi connectivity index (χ0) is 12.5. The fourth-order valence-corrected chi connectivity index (χ4v) is 2.63. The molecule has 0 unspecified atom stereocenters. The summed E-state index contributed by atoms with van der Waals surface area (Å²) in [6.07, 6.45) is 0.845. The van der Waals surface area contributed by atoms with E-state index in [4.69, 9.17) is 0 Å². The summed E-state index contributed by atoms with van der Waals surface area (Å²) in [5, 5.41) is 9.43. The Bertz CT molecular complexity index is 733. The third-order valence-corrected chi connectivity index (χ3v) is 3.61. The van der Waals surface area contributed by atoms with Crippen molar-refractivity contribution >= 4 is 27.8 Å². The molecule has 2 aromatic carbocycles. The highest BCUT2D eigenvalue weighted by Crippen LogP contribution is 2.31. The molecule has 1 heterocycles. The Hall–Kier alpha value is -2.20. The van der Waals surface area contributed by atoms with E-state index in [0.29, 0.717) is 5.56 Å². The second-order valence-corrected chi connectivity index (χ2v) is 4.89. The molecule has 0 saturated carbocycles. The summed E-state index contributed by atoms with van der Waals surface area (Å²) >= 11 is 1.24. The summed E-state index contributed by atoms with van der Waals surface area (Å²) in [6.45, 7) is 0. The number of benzene rings is 2. The van der Waals surface area contributed by atoms with Crippen molar-refractivity contribution < 1.29 is 9.90 Å². The minimum absolute atomic E-state index is 0.0609. The molecule has 3 rings (SSSR count). The number of hydrogen-bond acceptors (Lipinski definition) is 4. The molecule has 18 heavy (non-hydrogen) atoms. The molecule has 0 aliphatic heterocycles. The van der Waals surface area contributed by atoms with Crippen molar-refractivity contribution in [1.29, 1.82) is 0 Å². The van der Waals surface area contributed by atoms with Gasteiger partial charge >= 0.3 is 0 Å². The van der Waals surface area contributed by atoms with Gasteiger partial charge in [0.15, 0.2) is 6.29 Å². The van der Waals surface area contributed by atoms with Crippen LogP contribution in [-0.4, -0.2) is 16.4 Å². The number of rotatable bonds is 2. The maximum absolute atomic E-state index is 11.0. The van der Waals surface area contributed by atoms with E-state index in [0.717, 1.165) is 27.6 Å². The zero-order valence-electron chi connectivity index (χ0n) is 9.33. The van der Waals surface area contributed by atoms with Gasteiger partial charge in [-0.25, -0.2) is 4.98 Å². The molecule has 0 saturated heterocycles. The third-order valence-electron chi connectivity index (χ3n) is 2.78. The number of nitrogens with zero attached hydrogens (tertiary/aromatic N) is 1. The molecule has 0 bridgehead atoms. The van der Waals surface area contributed by atoms with E-state index in [2.05, 4.69) is 4.98 Å². The molecule has 0 amide bonds. The number of aromatic hydroxyl groups is 1. The van der Waals surface area contributed by atoms with Crippen LogP contribution in [0.15, 0.2) is 42.5 Å². The topological polar surface area (TPSA) is 50.2 Å². The smallest absolute Gasteiger partial charge is 0.271 e. The lowest BCUT2D eigenvalue weighted by Crippen LogP contribution is -1.86. The number of aldehydes is 1. The fraction of sp³-hybridized carbons (Fsp3) is 0. The largest absolute Gasteiger partial charge is 0.486 e. The van der Waals surface area contributed by atoms with Crippen LogP contribution in [0.4, 0.5) is 0 Å². The molecular weight excluding hydrogens is 246 g/mol. The molecular formula is C14H9NO2S. The van der Waals surface area contributed by atoms with Gasteiger partial charge in [0.05, 0.1) is 10.2 Å². The predicted octanol–water partition coefficient (Wildman–Crippen LogP) is 3.48. The van der Waals surface area contributed by atoms with Crippen molar-refractivity contribution in [3.05, 3.63) is 48.0 Å². The minimum atomic E-state index is 0.0609. The fourth-order valence-electron chi connectivity index (χ4n) is 1.95. The molecule has 0 spiro atoms. The summed E-state index contributed by atoms with van der Waals surface area (Å²) in [7, 11) is 0. The van der Waals surface area contributed by atoms with Crippen LogP contribution in [0.5, 0.6) is 5.19 Å². The number of aromatic nitrogens is 1. The van der Waals surface area contributed by atoms with E-state index < -0.39 is 0 Å². The van der Waals surface area contributed by atoms with Crippen LogP contribution in [0, 0.1) is 0 Å². The van der Waals surface area contributed by atoms with Gasteiger partial charge in [0.2, 0.25) is 0 Å². The zero-order valence-corrected chi connectivity index (χ0v) is 10.1. The molecule has 0 atom stereocenters. The highest BCUT2D eigenvalue weighted by molar-refractivity contribution is 7.20. The summed E-state index contributed by atoms with van der Waals surface area (Å²) in [6, 6.07) is 13.1. The predicted molar refractivity (Wildman–Crippen MR) is 72.1 cm³/mol. The standard InChI is InChI=1S/C14H9NO2S/c16-8-10-3-1-2-4-11(10)9-5-6-13-12(7-9)15-14(17)18-13/h1-8H,(H,15,17). The molecule has 1 N–H and O–H groups in total. The van der Waals surface area contributed by atoms with E-state index in [1.54, 1.807) is 6.07 Å². The summed E-state index contributed by atoms with van der Waals surface area (Å²) in [5.74, 6) is 0. The SMILES string of the molecule is O=Cc1ccccc1-c1ccc2sc(O)nc2c1. The molecule has 3 nitrogen and oxygen atoms in total. The Morgan fingerprint density at radius 3 is 2.83 bits per heavy atom. The van der Waals surface area contributed by atoms with E-state index in [1.165, 1.54) is 11.3 Å². The second-order valence-electron chi connectivity index (χ2n) is 3.88. The first-order valence-electron chi connectivity index (χ1n) is 5.42. The molecule has 0 fully saturated rings. The average Bonchev–Trinajstić information content (AvgIpc) is 2.77. The molecule has 88 valence electrons. The lowest BCUT2D eigenvalue weighted by molar-refractivity contribution is 0.112. The quantitative estimate of drug-likeness (QED) is 0.713. The maximum Gasteiger partial charge on any atom is 0.271 e. The first-order valence-corrected chi connectivity index (χ1v) is 6.24. The first-order chi connectivity index (χ1) is 8.78. The number of carbonyl (C=O) groups excluding carboxylic acids is 1. The molecule has 0 aliphatic rings. The van der Waals surface area contributed by atoms with E-state index >= 15 is 0 Å². The van der Waals surface area contributed by atoms with Crippen LogP contribution in [0.3, 0.4) is 0 Å². The minimum Gasteiger partial charge on any atom is -0.486 e. The summed E-state index contributed by atoms with van der Waals surface area (Å²) in [4.78, 5) is 15.1. The van der Waals surface area contributed by atoms with Gasteiger partial charge in [-0.1, -0.05) is 41.7 Å². The monoisotopic (exact) mass is 255 g/mol. The molecule has 4 heteroatoms. The molecule has 0 radical (unpaired) electrons. The van der Waals surface area contributed by atoms with Gasteiger partial charge in [0, 0.05) is 5.56 Å². The van der Waals surface area contributed by atoms with E-state index in [1.807, 2.05) is 36.4 Å². The molecule has 1 aromatic heterocycles. The third kappa shape index (κ3) is 1.76. The van der Waals surface area contributed by atoms with Crippen molar-refractivity contribution in [3.8, 4) is 16.3 Å². The first kappa shape index (κ1) is 10.9. The Morgan fingerprint density at radius 2 is 2.00 bits per heavy atom. The van der Waals surface area contributed by atoms with Gasteiger partial charge < -0.3 is 5.11 Å². The van der Waals surface area contributed by atoms with Crippen LogP contribution in [0.25, 0.3) is 21.3 Å². The van der Waals surface area contributed by atoms with Crippen molar-refractivity contribution in [2.24, 2.45) is 0 Å². The molecule has 3 aromatic rings. The summed E-state index contributed by atoms with van der Waals surface area (Å²) in [5.41, 5.74) is 3.20. The average molecular weight is 255 g/mol. The number of fused-ring (bicyclic) bond motifs is 1. The van der Waals surface area contributed by atoms with Gasteiger partial charge in [-0.3, -0.25) is 4.79 Å². The Labute approximate surface area is 107 Å².